The highest BCUT2D eigenvalue weighted by Crippen LogP contribution is 2.17. The van der Waals surface area contributed by atoms with Gasteiger partial charge in [-0.2, -0.15) is 0 Å². The summed E-state index contributed by atoms with van der Waals surface area (Å²) in [5, 5.41) is 1.17. The predicted octanol–water partition coefficient (Wildman–Crippen LogP) is 5.25. The number of anilines is 1. The van der Waals surface area contributed by atoms with E-state index in [1.54, 1.807) is 0 Å². The van der Waals surface area contributed by atoms with Gasteiger partial charge >= 0.3 is 0 Å². The van der Waals surface area contributed by atoms with Gasteiger partial charge in [0.1, 0.15) is 0 Å². The second-order valence-corrected chi connectivity index (χ2v) is 5.53. The van der Waals surface area contributed by atoms with E-state index >= 15 is 0 Å². The molecule has 0 saturated heterocycles. The highest BCUT2D eigenvalue weighted by Gasteiger charge is 2.00. The van der Waals surface area contributed by atoms with Gasteiger partial charge in [-0.15, -0.1) is 0 Å². The molecule has 0 atom stereocenters. The number of hydrogen-bond acceptors (Lipinski definition) is 2. The third kappa shape index (κ3) is 3.59. The maximum atomic E-state index is 4.67. The quantitative estimate of drug-likeness (QED) is 0.640. The summed E-state index contributed by atoms with van der Waals surface area (Å²) in [7, 11) is 0. The van der Waals surface area contributed by atoms with Crippen molar-refractivity contribution < 1.29 is 0 Å². The van der Waals surface area contributed by atoms with Gasteiger partial charge in [-0.05, 0) is 49.8 Å². The van der Waals surface area contributed by atoms with Gasteiger partial charge < -0.3 is 4.90 Å². The van der Waals surface area contributed by atoms with E-state index in [1.807, 2.05) is 18.2 Å². The molecule has 0 aliphatic rings. The fraction of sp³-hybridized carbons (Fsp3) is 0.190. The lowest BCUT2D eigenvalue weighted by atomic mass is 10.1. The molecule has 1 heterocycles. The maximum absolute atomic E-state index is 4.67. The third-order valence-electron chi connectivity index (χ3n) is 4.09. The molecule has 0 bridgehead atoms. The Hall–Kier alpha value is -2.61. The van der Waals surface area contributed by atoms with Gasteiger partial charge in [0.25, 0.3) is 0 Å². The number of rotatable bonds is 5. The Bertz CT molecular complexity index is 799. The highest BCUT2D eigenvalue weighted by atomic mass is 15.1. The summed E-state index contributed by atoms with van der Waals surface area (Å²) in [5.41, 5.74) is 4.48. The zero-order valence-electron chi connectivity index (χ0n) is 13.7. The second-order valence-electron chi connectivity index (χ2n) is 5.53. The lowest BCUT2D eigenvalue weighted by Gasteiger charge is -2.20. The zero-order valence-corrected chi connectivity index (χ0v) is 13.7. The Morgan fingerprint density at radius 3 is 2.30 bits per heavy atom. The number of para-hydroxylation sites is 1. The molecule has 0 amide bonds. The summed E-state index contributed by atoms with van der Waals surface area (Å²) in [4.78, 5) is 7.01. The molecule has 3 aromatic rings. The summed E-state index contributed by atoms with van der Waals surface area (Å²) < 4.78 is 0. The molecule has 0 spiro atoms. The first-order chi connectivity index (χ1) is 11.3. The molecule has 116 valence electrons. The zero-order chi connectivity index (χ0) is 16.1. The van der Waals surface area contributed by atoms with Gasteiger partial charge in [-0.3, -0.25) is 0 Å². The van der Waals surface area contributed by atoms with Crippen molar-refractivity contribution in [3.05, 3.63) is 71.9 Å². The summed E-state index contributed by atoms with van der Waals surface area (Å²) in [5.74, 6) is 0. The molecule has 2 nitrogen and oxygen atoms in total. The Balaban J connectivity index is 1.78. The van der Waals surface area contributed by atoms with Crippen molar-refractivity contribution in [3.8, 4) is 0 Å². The van der Waals surface area contributed by atoms with Crippen LogP contribution < -0.4 is 4.90 Å². The fourth-order valence-corrected chi connectivity index (χ4v) is 2.74. The van der Waals surface area contributed by atoms with Crippen molar-refractivity contribution >= 4 is 28.7 Å². The van der Waals surface area contributed by atoms with Gasteiger partial charge in [0.2, 0.25) is 0 Å². The SMILES string of the molecule is CCN(CC)c1ccc(/C=C/c2ccc3ccccc3n2)cc1. The molecular formula is C21H22N2. The van der Waals surface area contributed by atoms with Gasteiger partial charge in [0.05, 0.1) is 11.2 Å². The van der Waals surface area contributed by atoms with E-state index in [2.05, 4.69) is 78.3 Å². The van der Waals surface area contributed by atoms with Crippen molar-refractivity contribution in [3.63, 3.8) is 0 Å². The van der Waals surface area contributed by atoms with Crippen molar-refractivity contribution in [2.24, 2.45) is 0 Å². The molecule has 2 heteroatoms. The van der Waals surface area contributed by atoms with Crippen LogP contribution in [-0.4, -0.2) is 18.1 Å². The van der Waals surface area contributed by atoms with E-state index < -0.39 is 0 Å². The Labute approximate surface area is 138 Å². The highest BCUT2D eigenvalue weighted by molar-refractivity contribution is 5.80. The van der Waals surface area contributed by atoms with Gasteiger partial charge in [-0.25, -0.2) is 4.98 Å². The average molecular weight is 302 g/mol. The van der Waals surface area contributed by atoms with Crippen molar-refractivity contribution in [1.82, 2.24) is 4.98 Å². The normalized spacial score (nSPS) is 11.2. The van der Waals surface area contributed by atoms with Crippen LogP contribution in [0.4, 0.5) is 5.69 Å². The molecule has 0 N–H and O–H groups in total. The van der Waals surface area contributed by atoms with E-state index in [1.165, 1.54) is 16.6 Å². The molecular weight excluding hydrogens is 280 g/mol. The van der Waals surface area contributed by atoms with E-state index in [0.717, 1.165) is 24.3 Å². The third-order valence-corrected chi connectivity index (χ3v) is 4.09. The number of aromatic nitrogens is 1. The standard InChI is InChI=1S/C21H22N2/c1-3-23(4-2)20-15-10-17(11-16-20)9-13-19-14-12-18-7-5-6-8-21(18)22-19/h5-16H,3-4H2,1-2H3/b13-9+. The Kier molecular flexibility index (Phi) is 4.72. The largest absolute Gasteiger partial charge is 0.372 e. The number of nitrogens with zero attached hydrogens (tertiary/aromatic N) is 2. The van der Waals surface area contributed by atoms with Crippen LogP contribution >= 0.6 is 0 Å². The number of pyridine rings is 1. The van der Waals surface area contributed by atoms with Crippen LogP contribution in [0.3, 0.4) is 0 Å². The lowest BCUT2D eigenvalue weighted by molar-refractivity contribution is 0.866. The smallest absolute Gasteiger partial charge is 0.0709 e. The first kappa shape index (κ1) is 15.3. The molecule has 2 aromatic carbocycles. The first-order valence-electron chi connectivity index (χ1n) is 8.19. The van der Waals surface area contributed by atoms with Crippen LogP contribution in [0, 0.1) is 0 Å². The number of fused-ring (bicyclic) bond motifs is 1. The van der Waals surface area contributed by atoms with Crippen LogP contribution in [0.15, 0.2) is 60.7 Å². The average Bonchev–Trinajstić information content (AvgIpc) is 2.62. The van der Waals surface area contributed by atoms with Crippen LogP contribution in [-0.2, 0) is 0 Å². The fourth-order valence-electron chi connectivity index (χ4n) is 2.74. The summed E-state index contributed by atoms with van der Waals surface area (Å²) in [6.07, 6.45) is 4.18. The second kappa shape index (κ2) is 7.10. The van der Waals surface area contributed by atoms with Crippen LogP contribution in [0.5, 0.6) is 0 Å². The minimum absolute atomic E-state index is 0.983. The Morgan fingerprint density at radius 2 is 1.57 bits per heavy atom. The number of hydrogen-bond donors (Lipinski definition) is 0. The molecule has 0 unspecified atom stereocenters. The molecule has 0 radical (unpaired) electrons. The molecule has 3 rings (SSSR count). The van der Waals surface area contributed by atoms with E-state index in [0.29, 0.717) is 0 Å². The summed E-state index contributed by atoms with van der Waals surface area (Å²) in [6.45, 7) is 6.44. The molecule has 23 heavy (non-hydrogen) atoms. The van der Waals surface area contributed by atoms with E-state index in [9.17, 15) is 0 Å². The van der Waals surface area contributed by atoms with Crippen molar-refractivity contribution in [2.45, 2.75) is 13.8 Å². The maximum Gasteiger partial charge on any atom is 0.0709 e. The molecule has 0 fully saturated rings. The van der Waals surface area contributed by atoms with Crippen LogP contribution in [0.25, 0.3) is 23.1 Å². The van der Waals surface area contributed by atoms with Crippen LogP contribution in [0.1, 0.15) is 25.1 Å². The van der Waals surface area contributed by atoms with E-state index in [4.69, 9.17) is 0 Å². The molecule has 0 saturated carbocycles. The number of benzene rings is 2. The van der Waals surface area contributed by atoms with Crippen molar-refractivity contribution in [2.75, 3.05) is 18.0 Å². The minimum Gasteiger partial charge on any atom is -0.372 e. The topological polar surface area (TPSA) is 16.1 Å². The minimum atomic E-state index is 0.983. The monoisotopic (exact) mass is 302 g/mol. The van der Waals surface area contributed by atoms with Gasteiger partial charge in [0.15, 0.2) is 0 Å². The molecule has 0 aliphatic heterocycles. The molecule has 0 aliphatic carbocycles. The van der Waals surface area contributed by atoms with Gasteiger partial charge in [0, 0.05) is 24.2 Å². The predicted molar refractivity (Wildman–Crippen MR) is 101 cm³/mol. The van der Waals surface area contributed by atoms with Crippen LogP contribution in [0.2, 0.25) is 0 Å². The summed E-state index contributed by atoms with van der Waals surface area (Å²) in [6, 6.07) is 21.0. The van der Waals surface area contributed by atoms with E-state index in [-0.39, 0.29) is 0 Å². The first-order valence-corrected chi connectivity index (χ1v) is 8.19. The lowest BCUT2D eigenvalue weighted by Crippen LogP contribution is -2.21. The summed E-state index contributed by atoms with van der Waals surface area (Å²) >= 11 is 0. The van der Waals surface area contributed by atoms with Gasteiger partial charge in [-0.1, -0.05) is 42.5 Å². The van der Waals surface area contributed by atoms with Crippen molar-refractivity contribution in [1.29, 1.82) is 0 Å². The molecule has 1 aromatic heterocycles. The Morgan fingerprint density at radius 1 is 0.826 bits per heavy atom.